The van der Waals surface area contributed by atoms with E-state index in [2.05, 4.69) is 5.32 Å². The lowest BCUT2D eigenvalue weighted by molar-refractivity contribution is -0.135. The van der Waals surface area contributed by atoms with E-state index in [9.17, 15) is 9.59 Å². The quantitative estimate of drug-likeness (QED) is 0.593. The summed E-state index contributed by atoms with van der Waals surface area (Å²) >= 11 is 0. The number of nitrogens with one attached hydrogen (secondary N) is 1. The van der Waals surface area contributed by atoms with Gasteiger partial charge in [-0.15, -0.1) is 0 Å². The van der Waals surface area contributed by atoms with Gasteiger partial charge in [0.25, 0.3) is 0 Å². The topological polar surface area (TPSA) is 69.6 Å². The van der Waals surface area contributed by atoms with Crippen molar-refractivity contribution in [3.63, 3.8) is 0 Å². The lowest BCUT2D eigenvalue weighted by Crippen LogP contribution is -2.58. The molecule has 2 aliphatic rings. The number of rotatable bonds is 1. The number of amides is 3. The van der Waals surface area contributed by atoms with Gasteiger partial charge in [-0.1, -0.05) is 0 Å². The van der Waals surface area contributed by atoms with Crippen molar-refractivity contribution in [3.8, 4) is 0 Å². The fraction of sp³-hybridized carbons (Fsp3) is 0.750. The van der Waals surface area contributed by atoms with Crippen LogP contribution < -0.4 is 5.32 Å². The maximum absolute atomic E-state index is 11.4. The molecule has 0 aromatic rings. The standard InChI is InChI=1S/C8H12N2O3/c1-8(2-3-8)10-6(12)4-5(11)9-7(10)13/h5,11H,2-4H2,1H3,(H,9,13). The van der Waals surface area contributed by atoms with Gasteiger partial charge in [0.15, 0.2) is 0 Å². The van der Waals surface area contributed by atoms with Crippen LogP contribution in [0.3, 0.4) is 0 Å². The summed E-state index contributed by atoms with van der Waals surface area (Å²) in [5.74, 6) is -0.281. The van der Waals surface area contributed by atoms with Crippen LogP contribution in [0, 0.1) is 0 Å². The summed E-state index contributed by atoms with van der Waals surface area (Å²) in [5.41, 5.74) is -0.290. The molecular weight excluding hydrogens is 172 g/mol. The molecule has 1 aliphatic carbocycles. The Hall–Kier alpha value is -1.10. The zero-order valence-corrected chi connectivity index (χ0v) is 7.41. The lowest BCUT2D eigenvalue weighted by Gasteiger charge is -2.33. The summed E-state index contributed by atoms with van der Waals surface area (Å²) in [5, 5.41) is 11.4. The fourth-order valence-electron chi connectivity index (χ4n) is 1.58. The summed E-state index contributed by atoms with van der Waals surface area (Å²) in [6.07, 6.45) is 0.699. The van der Waals surface area contributed by atoms with Crippen molar-refractivity contribution in [3.05, 3.63) is 0 Å². The van der Waals surface area contributed by atoms with E-state index in [-0.39, 0.29) is 17.9 Å². The van der Waals surface area contributed by atoms with E-state index in [1.165, 1.54) is 4.90 Å². The van der Waals surface area contributed by atoms with Gasteiger partial charge >= 0.3 is 6.03 Å². The summed E-state index contributed by atoms with van der Waals surface area (Å²) in [7, 11) is 0. The van der Waals surface area contributed by atoms with Gasteiger partial charge < -0.3 is 10.4 Å². The van der Waals surface area contributed by atoms with Gasteiger partial charge in [-0.05, 0) is 19.8 Å². The van der Waals surface area contributed by atoms with Crippen LogP contribution in [0.5, 0.6) is 0 Å². The minimum atomic E-state index is -1.02. The predicted octanol–water partition coefficient (Wildman–Crippen LogP) is -0.201. The van der Waals surface area contributed by atoms with Crippen LogP contribution in [0.25, 0.3) is 0 Å². The van der Waals surface area contributed by atoms with Crippen LogP contribution in [0.15, 0.2) is 0 Å². The second kappa shape index (κ2) is 2.45. The van der Waals surface area contributed by atoms with E-state index in [4.69, 9.17) is 5.11 Å². The highest BCUT2D eigenvalue weighted by molar-refractivity contribution is 5.98. The molecule has 72 valence electrons. The molecule has 1 saturated heterocycles. The number of urea groups is 1. The number of carbonyl (C=O) groups is 2. The molecule has 5 heteroatoms. The Kier molecular flexibility index (Phi) is 1.60. The third kappa shape index (κ3) is 1.29. The summed E-state index contributed by atoms with van der Waals surface area (Å²) in [6, 6.07) is -0.469. The van der Waals surface area contributed by atoms with Gasteiger partial charge in [0.2, 0.25) is 5.91 Å². The molecule has 2 fully saturated rings. The third-order valence-electron chi connectivity index (χ3n) is 2.62. The second-order valence-electron chi connectivity index (χ2n) is 3.90. The highest BCUT2D eigenvalue weighted by Gasteiger charge is 2.50. The number of hydrogen-bond acceptors (Lipinski definition) is 3. The van der Waals surface area contributed by atoms with Crippen molar-refractivity contribution in [1.82, 2.24) is 10.2 Å². The molecule has 13 heavy (non-hydrogen) atoms. The summed E-state index contributed by atoms with van der Waals surface area (Å²) in [6.45, 7) is 1.88. The normalized spacial score (nSPS) is 31.5. The molecule has 1 unspecified atom stereocenters. The van der Waals surface area contributed by atoms with Gasteiger partial charge in [-0.2, -0.15) is 0 Å². The number of aliphatic hydroxyl groups excluding tert-OH is 1. The molecule has 0 radical (unpaired) electrons. The SMILES string of the molecule is CC1(N2C(=O)CC(O)NC2=O)CC1. The van der Waals surface area contributed by atoms with Crippen LogP contribution >= 0.6 is 0 Å². The molecule has 0 bridgehead atoms. The van der Waals surface area contributed by atoms with Crippen molar-refractivity contribution >= 4 is 11.9 Å². The largest absolute Gasteiger partial charge is 0.373 e. The number of imide groups is 1. The van der Waals surface area contributed by atoms with Gasteiger partial charge in [-0.25, -0.2) is 4.79 Å². The minimum absolute atomic E-state index is 0.0126. The van der Waals surface area contributed by atoms with Crippen LogP contribution in [0.4, 0.5) is 4.79 Å². The summed E-state index contributed by atoms with van der Waals surface area (Å²) in [4.78, 5) is 24.0. The van der Waals surface area contributed by atoms with Gasteiger partial charge in [0.1, 0.15) is 6.23 Å². The molecule has 5 nitrogen and oxygen atoms in total. The van der Waals surface area contributed by atoms with Crippen molar-refractivity contribution in [2.75, 3.05) is 0 Å². The molecule has 2 rings (SSSR count). The summed E-state index contributed by atoms with van der Waals surface area (Å²) < 4.78 is 0. The Bertz CT molecular complexity index is 255. The van der Waals surface area contributed by atoms with Crippen molar-refractivity contribution in [2.45, 2.75) is 38.0 Å². The van der Waals surface area contributed by atoms with E-state index in [1.807, 2.05) is 6.92 Å². The Morgan fingerprint density at radius 2 is 2.15 bits per heavy atom. The van der Waals surface area contributed by atoms with Crippen molar-refractivity contribution in [1.29, 1.82) is 0 Å². The first-order valence-electron chi connectivity index (χ1n) is 4.34. The smallest absolute Gasteiger partial charge is 0.326 e. The van der Waals surface area contributed by atoms with E-state index < -0.39 is 12.3 Å². The molecule has 0 spiro atoms. The molecule has 0 aromatic carbocycles. The number of nitrogens with zero attached hydrogens (tertiary/aromatic N) is 1. The number of carbonyl (C=O) groups excluding carboxylic acids is 2. The highest BCUT2D eigenvalue weighted by Crippen LogP contribution is 2.42. The average Bonchev–Trinajstić information content (AvgIpc) is 2.65. The Labute approximate surface area is 75.7 Å². The fourth-order valence-corrected chi connectivity index (χ4v) is 1.58. The first-order chi connectivity index (χ1) is 6.03. The average molecular weight is 184 g/mol. The monoisotopic (exact) mass is 184 g/mol. The molecule has 1 aliphatic heterocycles. The number of aliphatic hydroxyl groups is 1. The molecule has 1 saturated carbocycles. The highest BCUT2D eigenvalue weighted by atomic mass is 16.3. The zero-order chi connectivity index (χ0) is 9.64. The zero-order valence-electron chi connectivity index (χ0n) is 7.41. The van der Waals surface area contributed by atoms with Crippen LogP contribution in [0.1, 0.15) is 26.2 Å². The van der Waals surface area contributed by atoms with Crippen LogP contribution in [-0.4, -0.2) is 33.7 Å². The van der Waals surface area contributed by atoms with E-state index in [1.54, 1.807) is 0 Å². The molecule has 1 atom stereocenters. The van der Waals surface area contributed by atoms with Gasteiger partial charge in [0.05, 0.1) is 6.42 Å². The molecule has 1 heterocycles. The van der Waals surface area contributed by atoms with Crippen molar-refractivity contribution in [2.24, 2.45) is 0 Å². The van der Waals surface area contributed by atoms with E-state index in [0.717, 1.165) is 12.8 Å². The van der Waals surface area contributed by atoms with Crippen LogP contribution in [-0.2, 0) is 4.79 Å². The maximum Gasteiger partial charge on any atom is 0.326 e. The van der Waals surface area contributed by atoms with Crippen molar-refractivity contribution < 1.29 is 14.7 Å². The molecule has 2 N–H and O–H groups in total. The molecule has 0 aromatic heterocycles. The Morgan fingerprint density at radius 3 is 2.62 bits per heavy atom. The predicted molar refractivity (Wildman–Crippen MR) is 43.6 cm³/mol. The second-order valence-corrected chi connectivity index (χ2v) is 3.90. The first-order valence-corrected chi connectivity index (χ1v) is 4.34. The Balaban J connectivity index is 2.18. The van der Waals surface area contributed by atoms with E-state index >= 15 is 0 Å². The first kappa shape index (κ1) is 8.50. The van der Waals surface area contributed by atoms with Gasteiger partial charge in [0, 0.05) is 5.54 Å². The Morgan fingerprint density at radius 1 is 1.54 bits per heavy atom. The van der Waals surface area contributed by atoms with E-state index in [0.29, 0.717) is 0 Å². The minimum Gasteiger partial charge on any atom is -0.373 e. The number of hydrogen-bond donors (Lipinski definition) is 2. The lowest BCUT2D eigenvalue weighted by atomic mass is 10.2. The molecular formula is C8H12N2O3. The maximum atomic E-state index is 11.4. The molecule has 3 amide bonds. The van der Waals surface area contributed by atoms with Crippen LogP contribution in [0.2, 0.25) is 0 Å². The van der Waals surface area contributed by atoms with Gasteiger partial charge in [-0.3, -0.25) is 9.69 Å². The third-order valence-corrected chi connectivity index (χ3v) is 2.62.